The Labute approximate surface area is 68.6 Å². The molecule has 11 heavy (non-hydrogen) atoms. The molecule has 2 nitrogen and oxygen atoms in total. The van der Waals surface area contributed by atoms with Crippen LogP contribution in [0.1, 0.15) is 33.6 Å². The van der Waals surface area contributed by atoms with Crippen LogP contribution in [0.5, 0.6) is 0 Å². The molecule has 66 valence electrons. The van der Waals surface area contributed by atoms with Crippen LogP contribution in [-0.2, 0) is 4.74 Å². The van der Waals surface area contributed by atoms with Gasteiger partial charge in [-0.25, -0.2) is 0 Å². The average molecular weight is 158 g/mol. The third kappa shape index (κ3) is 2.17. The summed E-state index contributed by atoms with van der Waals surface area (Å²) >= 11 is 0. The quantitative estimate of drug-likeness (QED) is 0.661. The zero-order chi connectivity index (χ0) is 8.48. The van der Waals surface area contributed by atoms with E-state index >= 15 is 0 Å². The Morgan fingerprint density at radius 2 is 2.18 bits per heavy atom. The maximum Gasteiger partial charge on any atom is 0.0860 e. The van der Waals surface area contributed by atoms with Gasteiger partial charge in [-0.05, 0) is 26.2 Å². The molecule has 0 aromatic heterocycles. The Balaban J connectivity index is 2.42. The normalized spacial score (nSPS) is 32.7. The van der Waals surface area contributed by atoms with Crippen molar-refractivity contribution in [3.05, 3.63) is 0 Å². The molecule has 0 bridgehead atoms. The van der Waals surface area contributed by atoms with Crippen molar-refractivity contribution in [2.75, 3.05) is 6.61 Å². The van der Waals surface area contributed by atoms with E-state index in [1.54, 1.807) is 0 Å². The molecule has 1 aliphatic heterocycles. The zero-order valence-corrected chi connectivity index (χ0v) is 7.63. The number of aliphatic hydroxyl groups is 1. The zero-order valence-electron chi connectivity index (χ0n) is 7.63. The second kappa shape index (κ2) is 3.11. The topological polar surface area (TPSA) is 29.5 Å². The Morgan fingerprint density at radius 1 is 1.55 bits per heavy atom. The smallest absolute Gasteiger partial charge is 0.0860 e. The molecule has 1 saturated heterocycles. The van der Waals surface area contributed by atoms with Crippen LogP contribution in [0.25, 0.3) is 0 Å². The van der Waals surface area contributed by atoms with Crippen molar-refractivity contribution in [1.29, 1.82) is 0 Å². The number of hydrogen-bond donors (Lipinski definition) is 1. The lowest BCUT2D eigenvalue weighted by atomic mass is 9.94. The highest BCUT2D eigenvalue weighted by molar-refractivity contribution is 4.84. The molecule has 2 heteroatoms. The summed E-state index contributed by atoms with van der Waals surface area (Å²) in [5.74, 6) is 0.659. The fourth-order valence-electron chi connectivity index (χ4n) is 1.47. The van der Waals surface area contributed by atoms with E-state index in [0.29, 0.717) is 5.92 Å². The number of hydrogen-bond acceptors (Lipinski definition) is 2. The van der Waals surface area contributed by atoms with Crippen LogP contribution in [0.15, 0.2) is 0 Å². The van der Waals surface area contributed by atoms with E-state index in [9.17, 15) is 5.11 Å². The SMILES string of the molecule is CCC1COC(C(C)(C)O)C1. The summed E-state index contributed by atoms with van der Waals surface area (Å²) in [4.78, 5) is 0. The molecule has 1 aliphatic rings. The summed E-state index contributed by atoms with van der Waals surface area (Å²) in [5, 5.41) is 9.61. The van der Waals surface area contributed by atoms with Gasteiger partial charge in [-0.15, -0.1) is 0 Å². The third-order valence-corrected chi connectivity index (χ3v) is 2.45. The largest absolute Gasteiger partial charge is 0.388 e. The maximum atomic E-state index is 9.61. The van der Waals surface area contributed by atoms with Gasteiger partial charge >= 0.3 is 0 Å². The fourth-order valence-corrected chi connectivity index (χ4v) is 1.47. The molecular weight excluding hydrogens is 140 g/mol. The van der Waals surface area contributed by atoms with Crippen LogP contribution >= 0.6 is 0 Å². The first-order valence-electron chi connectivity index (χ1n) is 4.38. The predicted molar refractivity (Wildman–Crippen MR) is 44.4 cm³/mol. The molecule has 2 atom stereocenters. The molecule has 0 aromatic rings. The van der Waals surface area contributed by atoms with Gasteiger partial charge < -0.3 is 9.84 Å². The van der Waals surface area contributed by atoms with Crippen molar-refractivity contribution in [3.8, 4) is 0 Å². The molecule has 1 heterocycles. The van der Waals surface area contributed by atoms with E-state index < -0.39 is 5.60 Å². The van der Waals surface area contributed by atoms with Crippen molar-refractivity contribution in [1.82, 2.24) is 0 Å². The summed E-state index contributed by atoms with van der Waals surface area (Å²) in [6.07, 6.45) is 2.22. The van der Waals surface area contributed by atoms with Crippen molar-refractivity contribution in [2.24, 2.45) is 5.92 Å². The Kier molecular flexibility index (Phi) is 2.55. The molecule has 1 rings (SSSR count). The van der Waals surface area contributed by atoms with Gasteiger partial charge in [0.15, 0.2) is 0 Å². The fraction of sp³-hybridized carbons (Fsp3) is 1.00. The van der Waals surface area contributed by atoms with Crippen molar-refractivity contribution in [2.45, 2.75) is 45.3 Å². The molecular formula is C9H18O2. The highest BCUT2D eigenvalue weighted by Gasteiger charge is 2.34. The van der Waals surface area contributed by atoms with Gasteiger partial charge in [0.25, 0.3) is 0 Å². The van der Waals surface area contributed by atoms with E-state index in [0.717, 1.165) is 19.4 Å². The van der Waals surface area contributed by atoms with Crippen molar-refractivity contribution >= 4 is 0 Å². The number of ether oxygens (including phenoxy) is 1. The maximum absolute atomic E-state index is 9.61. The highest BCUT2D eigenvalue weighted by Crippen LogP contribution is 2.28. The van der Waals surface area contributed by atoms with Crippen LogP contribution in [0.2, 0.25) is 0 Å². The first-order chi connectivity index (χ1) is 5.04. The minimum absolute atomic E-state index is 0.0486. The van der Waals surface area contributed by atoms with Gasteiger partial charge in [-0.1, -0.05) is 13.3 Å². The summed E-state index contributed by atoms with van der Waals surface area (Å²) in [6, 6.07) is 0. The van der Waals surface area contributed by atoms with E-state index in [1.165, 1.54) is 0 Å². The highest BCUT2D eigenvalue weighted by atomic mass is 16.5. The van der Waals surface area contributed by atoms with Crippen LogP contribution < -0.4 is 0 Å². The van der Waals surface area contributed by atoms with Crippen LogP contribution in [0.3, 0.4) is 0 Å². The minimum Gasteiger partial charge on any atom is -0.388 e. The number of rotatable bonds is 2. The average Bonchev–Trinajstić information content (AvgIpc) is 2.32. The van der Waals surface area contributed by atoms with Crippen molar-refractivity contribution < 1.29 is 9.84 Å². The van der Waals surface area contributed by atoms with Gasteiger partial charge in [0, 0.05) is 6.61 Å². The van der Waals surface area contributed by atoms with Crippen LogP contribution in [0, 0.1) is 5.92 Å². The molecule has 0 aromatic carbocycles. The Hall–Kier alpha value is -0.0800. The lowest BCUT2D eigenvalue weighted by Gasteiger charge is -2.24. The first kappa shape index (κ1) is 9.01. The van der Waals surface area contributed by atoms with Crippen LogP contribution in [-0.4, -0.2) is 23.4 Å². The molecule has 1 fully saturated rings. The first-order valence-corrected chi connectivity index (χ1v) is 4.38. The summed E-state index contributed by atoms with van der Waals surface area (Å²) < 4.78 is 5.47. The molecule has 0 amide bonds. The third-order valence-electron chi connectivity index (χ3n) is 2.45. The minimum atomic E-state index is -0.663. The summed E-state index contributed by atoms with van der Waals surface area (Å²) in [7, 11) is 0. The lowest BCUT2D eigenvalue weighted by molar-refractivity contribution is -0.0601. The molecule has 1 N–H and O–H groups in total. The van der Waals surface area contributed by atoms with Crippen LogP contribution in [0.4, 0.5) is 0 Å². The van der Waals surface area contributed by atoms with E-state index in [1.807, 2.05) is 13.8 Å². The lowest BCUT2D eigenvalue weighted by Crippen LogP contribution is -2.35. The summed E-state index contributed by atoms with van der Waals surface area (Å²) in [5.41, 5.74) is -0.663. The van der Waals surface area contributed by atoms with Gasteiger partial charge in [0.2, 0.25) is 0 Å². The second-order valence-electron chi connectivity index (χ2n) is 3.99. The molecule has 0 aliphatic carbocycles. The molecule has 0 spiro atoms. The predicted octanol–water partition coefficient (Wildman–Crippen LogP) is 1.57. The molecule has 0 radical (unpaired) electrons. The molecule has 2 unspecified atom stereocenters. The van der Waals surface area contributed by atoms with Crippen molar-refractivity contribution in [3.63, 3.8) is 0 Å². The van der Waals surface area contributed by atoms with E-state index in [-0.39, 0.29) is 6.10 Å². The monoisotopic (exact) mass is 158 g/mol. The van der Waals surface area contributed by atoms with Gasteiger partial charge in [0.1, 0.15) is 0 Å². The van der Waals surface area contributed by atoms with E-state index in [2.05, 4.69) is 6.92 Å². The van der Waals surface area contributed by atoms with Gasteiger partial charge in [-0.3, -0.25) is 0 Å². The second-order valence-corrected chi connectivity index (χ2v) is 3.99. The Morgan fingerprint density at radius 3 is 2.45 bits per heavy atom. The van der Waals surface area contributed by atoms with Gasteiger partial charge in [0.05, 0.1) is 11.7 Å². The van der Waals surface area contributed by atoms with Gasteiger partial charge in [-0.2, -0.15) is 0 Å². The summed E-state index contributed by atoms with van der Waals surface area (Å²) in [6.45, 7) is 6.62. The standard InChI is InChI=1S/C9H18O2/c1-4-7-5-8(11-6-7)9(2,3)10/h7-8,10H,4-6H2,1-3H3. The molecule has 0 saturated carbocycles. The Bertz CT molecular complexity index is 126. The van der Waals surface area contributed by atoms with E-state index in [4.69, 9.17) is 4.74 Å².